The van der Waals surface area contributed by atoms with Crippen molar-refractivity contribution >= 4 is 22.8 Å². The Bertz CT molecular complexity index is 619. The summed E-state index contributed by atoms with van der Waals surface area (Å²) in [5, 5.41) is 19.6. The first-order chi connectivity index (χ1) is 9.52. The van der Waals surface area contributed by atoms with Crippen molar-refractivity contribution in [2.75, 3.05) is 5.32 Å². The number of hydrogen-bond acceptors (Lipinski definition) is 6. The molecule has 2 aromatic heterocycles. The minimum Gasteiger partial charge on any atom is -0.360 e. The van der Waals surface area contributed by atoms with Gasteiger partial charge in [-0.3, -0.25) is 10.1 Å². The molecule has 0 saturated carbocycles. The van der Waals surface area contributed by atoms with Crippen LogP contribution in [0, 0.1) is 17.0 Å². The molecule has 20 heavy (non-hydrogen) atoms. The van der Waals surface area contributed by atoms with Crippen molar-refractivity contribution in [3.8, 4) is 0 Å². The van der Waals surface area contributed by atoms with Gasteiger partial charge in [0.15, 0.2) is 0 Å². The zero-order valence-electron chi connectivity index (χ0n) is 11.7. The number of nitrogens with zero attached hydrogens (tertiary/aromatic N) is 4. The van der Waals surface area contributed by atoms with Crippen molar-refractivity contribution in [3.05, 3.63) is 31.9 Å². The lowest BCUT2D eigenvalue weighted by Gasteiger charge is -2.03. The van der Waals surface area contributed by atoms with E-state index in [1.54, 1.807) is 24.6 Å². The van der Waals surface area contributed by atoms with Gasteiger partial charge in [0.1, 0.15) is 5.69 Å². The number of nitro groups is 1. The zero-order chi connectivity index (χ0) is 14.7. The van der Waals surface area contributed by atoms with Gasteiger partial charge in [0.2, 0.25) is 5.82 Å². The van der Waals surface area contributed by atoms with Crippen LogP contribution in [0.25, 0.3) is 0 Å². The van der Waals surface area contributed by atoms with E-state index in [2.05, 4.69) is 15.4 Å². The van der Waals surface area contributed by atoms with Crippen molar-refractivity contribution in [2.24, 2.45) is 7.05 Å². The molecule has 2 heterocycles. The van der Waals surface area contributed by atoms with Crippen LogP contribution in [0.4, 0.5) is 11.5 Å². The molecule has 0 aliphatic heterocycles. The van der Waals surface area contributed by atoms with Crippen LogP contribution in [-0.4, -0.2) is 19.7 Å². The number of anilines is 1. The van der Waals surface area contributed by atoms with Crippen molar-refractivity contribution in [3.63, 3.8) is 0 Å². The first kappa shape index (κ1) is 14.4. The molecular weight excluding hydrogens is 278 g/mol. The molecule has 0 aliphatic carbocycles. The summed E-state index contributed by atoms with van der Waals surface area (Å²) in [6.45, 7) is 4.42. The highest BCUT2D eigenvalue weighted by Crippen LogP contribution is 2.29. The third-order valence-corrected chi connectivity index (χ3v) is 3.77. The standard InChI is InChI=1S/C12H17N5O2S/c1-4-5-10-11(17(18)19)12(16(3)15-10)14-7-9-6-13-8(2)20-9/h6,14H,4-5,7H2,1-3H3. The van der Waals surface area contributed by atoms with E-state index in [1.165, 1.54) is 4.68 Å². The maximum Gasteiger partial charge on any atom is 0.334 e. The Hall–Kier alpha value is -1.96. The predicted octanol–water partition coefficient (Wildman–Crippen LogP) is 2.66. The highest BCUT2D eigenvalue weighted by molar-refractivity contribution is 7.11. The Morgan fingerprint density at radius 3 is 2.85 bits per heavy atom. The van der Waals surface area contributed by atoms with Crippen LogP contribution in [-0.2, 0) is 20.0 Å². The second kappa shape index (κ2) is 6.00. The highest BCUT2D eigenvalue weighted by atomic mass is 32.1. The minimum absolute atomic E-state index is 0.0792. The summed E-state index contributed by atoms with van der Waals surface area (Å²) in [5.74, 6) is 0.449. The van der Waals surface area contributed by atoms with Gasteiger partial charge < -0.3 is 5.32 Å². The van der Waals surface area contributed by atoms with E-state index in [9.17, 15) is 10.1 Å². The molecule has 2 rings (SSSR count). The van der Waals surface area contributed by atoms with Gasteiger partial charge in [-0.1, -0.05) is 13.3 Å². The first-order valence-electron chi connectivity index (χ1n) is 6.38. The van der Waals surface area contributed by atoms with Crippen LogP contribution >= 0.6 is 11.3 Å². The van der Waals surface area contributed by atoms with E-state index in [4.69, 9.17) is 0 Å². The molecule has 0 fully saturated rings. The Kier molecular flexibility index (Phi) is 4.33. The van der Waals surface area contributed by atoms with Crippen molar-refractivity contribution < 1.29 is 4.92 Å². The Balaban J connectivity index is 2.23. The van der Waals surface area contributed by atoms with Crippen LogP contribution in [0.2, 0.25) is 0 Å². The molecule has 0 bridgehead atoms. The van der Waals surface area contributed by atoms with Crippen molar-refractivity contribution in [1.29, 1.82) is 0 Å². The summed E-state index contributed by atoms with van der Waals surface area (Å²) in [5.41, 5.74) is 0.610. The van der Waals surface area contributed by atoms with E-state index in [0.717, 1.165) is 16.3 Å². The molecule has 0 saturated heterocycles. The summed E-state index contributed by atoms with van der Waals surface area (Å²) < 4.78 is 1.54. The lowest BCUT2D eigenvalue weighted by Crippen LogP contribution is -2.05. The second-order valence-electron chi connectivity index (χ2n) is 4.47. The normalized spacial score (nSPS) is 10.8. The lowest BCUT2D eigenvalue weighted by molar-refractivity contribution is -0.384. The molecule has 0 unspecified atom stereocenters. The average Bonchev–Trinajstić information content (AvgIpc) is 2.91. The summed E-state index contributed by atoms with van der Waals surface area (Å²) in [7, 11) is 1.71. The van der Waals surface area contributed by atoms with Gasteiger partial charge in [0.05, 0.1) is 16.5 Å². The molecule has 0 spiro atoms. The van der Waals surface area contributed by atoms with Gasteiger partial charge in [-0.25, -0.2) is 9.67 Å². The van der Waals surface area contributed by atoms with E-state index in [0.29, 0.717) is 24.5 Å². The molecule has 0 aliphatic rings. The Morgan fingerprint density at radius 1 is 1.55 bits per heavy atom. The van der Waals surface area contributed by atoms with Crippen LogP contribution in [0.5, 0.6) is 0 Å². The molecular formula is C12H17N5O2S. The quantitative estimate of drug-likeness (QED) is 0.654. The van der Waals surface area contributed by atoms with Gasteiger partial charge >= 0.3 is 5.69 Å². The molecule has 2 aromatic rings. The smallest absolute Gasteiger partial charge is 0.334 e. The van der Waals surface area contributed by atoms with Gasteiger partial charge in [-0.15, -0.1) is 11.3 Å². The summed E-state index contributed by atoms with van der Waals surface area (Å²) >= 11 is 1.57. The van der Waals surface area contributed by atoms with Crippen LogP contribution in [0.3, 0.4) is 0 Å². The number of nitrogens with one attached hydrogen (secondary N) is 1. The van der Waals surface area contributed by atoms with Gasteiger partial charge in [-0.2, -0.15) is 5.10 Å². The Morgan fingerprint density at radius 2 is 2.30 bits per heavy atom. The third-order valence-electron chi connectivity index (χ3n) is 2.86. The summed E-state index contributed by atoms with van der Waals surface area (Å²) in [6.07, 6.45) is 3.21. The molecule has 0 atom stereocenters. The lowest BCUT2D eigenvalue weighted by atomic mass is 10.2. The van der Waals surface area contributed by atoms with Crippen LogP contribution in [0.15, 0.2) is 6.20 Å². The second-order valence-corrected chi connectivity index (χ2v) is 5.79. The molecule has 7 nitrogen and oxygen atoms in total. The predicted molar refractivity (Wildman–Crippen MR) is 78.0 cm³/mol. The fourth-order valence-corrected chi connectivity index (χ4v) is 2.76. The molecule has 0 aromatic carbocycles. The first-order valence-corrected chi connectivity index (χ1v) is 7.20. The van der Waals surface area contributed by atoms with Gasteiger partial charge in [0.25, 0.3) is 0 Å². The SMILES string of the molecule is CCCc1nn(C)c(NCc2cnc(C)s2)c1[N+](=O)[O-]. The molecule has 0 radical (unpaired) electrons. The fourth-order valence-electron chi connectivity index (χ4n) is 2.02. The average molecular weight is 295 g/mol. The van der Waals surface area contributed by atoms with E-state index in [1.807, 2.05) is 13.8 Å². The highest BCUT2D eigenvalue weighted by Gasteiger charge is 2.25. The number of thiazole rings is 1. The topological polar surface area (TPSA) is 85.9 Å². The monoisotopic (exact) mass is 295 g/mol. The number of hydrogen-bond donors (Lipinski definition) is 1. The molecule has 108 valence electrons. The molecule has 1 N–H and O–H groups in total. The maximum atomic E-state index is 11.2. The van der Waals surface area contributed by atoms with Gasteiger partial charge in [0, 0.05) is 18.1 Å². The fraction of sp³-hybridized carbons (Fsp3) is 0.500. The van der Waals surface area contributed by atoms with Crippen LogP contribution < -0.4 is 5.32 Å². The largest absolute Gasteiger partial charge is 0.360 e. The minimum atomic E-state index is -0.363. The molecule has 0 amide bonds. The maximum absolute atomic E-state index is 11.2. The number of aromatic nitrogens is 3. The molecule has 8 heteroatoms. The van der Waals surface area contributed by atoms with Crippen molar-refractivity contribution in [2.45, 2.75) is 33.2 Å². The van der Waals surface area contributed by atoms with E-state index >= 15 is 0 Å². The van der Waals surface area contributed by atoms with Crippen molar-refractivity contribution in [1.82, 2.24) is 14.8 Å². The number of rotatable bonds is 6. The van der Waals surface area contributed by atoms with Gasteiger partial charge in [-0.05, 0) is 13.3 Å². The summed E-state index contributed by atoms with van der Waals surface area (Å²) in [6, 6.07) is 0. The summed E-state index contributed by atoms with van der Waals surface area (Å²) in [4.78, 5) is 16.1. The van der Waals surface area contributed by atoms with Crippen LogP contribution in [0.1, 0.15) is 28.9 Å². The van der Waals surface area contributed by atoms with E-state index in [-0.39, 0.29) is 10.6 Å². The number of aryl methyl sites for hydroxylation is 3. The Labute approximate surface area is 120 Å². The van der Waals surface area contributed by atoms with E-state index < -0.39 is 0 Å². The third kappa shape index (κ3) is 2.96. The zero-order valence-corrected chi connectivity index (χ0v) is 12.5.